The van der Waals surface area contributed by atoms with E-state index in [2.05, 4.69) is 0 Å². The van der Waals surface area contributed by atoms with Crippen LogP contribution in [-0.4, -0.2) is 23.5 Å². The van der Waals surface area contributed by atoms with E-state index in [4.69, 9.17) is 5.11 Å². The van der Waals surface area contributed by atoms with Gasteiger partial charge < -0.3 is 10.0 Å². The first-order valence-electron chi connectivity index (χ1n) is 5.85. The fraction of sp³-hybridized carbons (Fsp3) is 0.385. The third-order valence-corrected chi connectivity index (χ3v) is 3.15. The second-order valence-corrected chi connectivity index (χ2v) is 4.32. The number of aliphatic carboxylic acids is 1. The summed E-state index contributed by atoms with van der Waals surface area (Å²) >= 11 is 0. The number of anilines is 1. The van der Waals surface area contributed by atoms with Crippen molar-refractivity contribution in [3.8, 4) is 0 Å². The van der Waals surface area contributed by atoms with E-state index in [-0.39, 0.29) is 11.6 Å². The number of hydrogen-bond acceptors (Lipinski definition) is 2. The van der Waals surface area contributed by atoms with Crippen molar-refractivity contribution < 1.29 is 19.1 Å². The fourth-order valence-corrected chi connectivity index (χ4v) is 2.06. The summed E-state index contributed by atoms with van der Waals surface area (Å²) in [4.78, 5) is 24.2. The topological polar surface area (TPSA) is 57.6 Å². The van der Waals surface area contributed by atoms with Gasteiger partial charge in [-0.15, -0.1) is 0 Å². The fourth-order valence-electron chi connectivity index (χ4n) is 2.06. The van der Waals surface area contributed by atoms with Crippen LogP contribution >= 0.6 is 0 Å². The zero-order chi connectivity index (χ0) is 13.3. The minimum absolute atomic E-state index is 0.209. The first kappa shape index (κ1) is 12.5. The van der Waals surface area contributed by atoms with Crippen LogP contribution in [0.3, 0.4) is 0 Å². The SMILES string of the molecule is CCN(C(=O)[C@@H]1C[C@@H]1C(=O)O)c1ccccc1F. The van der Waals surface area contributed by atoms with Crippen molar-refractivity contribution in [3.05, 3.63) is 30.1 Å². The summed E-state index contributed by atoms with van der Waals surface area (Å²) in [5, 5.41) is 8.81. The van der Waals surface area contributed by atoms with Gasteiger partial charge in [-0.25, -0.2) is 4.39 Å². The Labute approximate surface area is 104 Å². The molecule has 1 saturated carbocycles. The average Bonchev–Trinajstić information content (AvgIpc) is 3.12. The van der Waals surface area contributed by atoms with Crippen LogP contribution in [-0.2, 0) is 9.59 Å². The van der Waals surface area contributed by atoms with E-state index in [1.165, 1.54) is 17.0 Å². The summed E-state index contributed by atoms with van der Waals surface area (Å²) < 4.78 is 13.6. The summed E-state index contributed by atoms with van der Waals surface area (Å²) in [6, 6.07) is 6.01. The van der Waals surface area contributed by atoms with Gasteiger partial charge >= 0.3 is 5.97 Å². The molecule has 1 aromatic carbocycles. The van der Waals surface area contributed by atoms with Crippen molar-refractivity contribution in [2.75, 3.05) is 11.4 Å². The highest BCUT2D eigenvalue weighted by Crippen LogP contribution is 2.41. The number of carbonyl (C=O) groups excluding carboxylic acids is 1. The number of carbonyl (C=O) groups is 2. The molecule has 1 aliphatic rings. The minimum Gasteiger partial charge on any atom is -0.481 e. The smallest absolute Gasteiger partial charge is 0.307 e. The third-order valence-electron chi connectivity index (χ3n) is 3.15. The summed E-state index contributed by atoms with van der Waals surface area (Å²) in [5.41, 5.74) is 0.209. The standard InChI is InChI=1S/C13H14FNO3/c1-2-15(11-6-4-3-5-10(11)14)12(16)8-7-9(8)13(17)18/h3-6,8-9H,2,7H2,1H3,(H,17,18)/t8-,9+/m1/s1. The largest absolute Gasteiger partial charge is 0.481 e. The molecular weight excluding hydrogens is 237 g/mol. The number of carboxylic acid groups (broad SMARTS) is 1. The van der Waals surface area contributed by atoms with E-state index < -0.39 is 23.6 Å². The highest BCUT2D eigenvalue weighted by Gasteiger charge is 2.50. The molecule has 0 saturated heterocycles. The van der Waals surface area contributed by atoms with Gasteiger partial charge in [-0.3, -0.25) is 9.59 Å². The molecule has 5 heteroatoms. The molecule has 1 aromatic rings. The Morgan fingerprint density at radius 2 is 2.06 bits per heavy atom. The summed E-state index contributed by atoms with van der Waals surface area (Å²) in [6.07, 6.45) is 0.346. The molecule has 1 aliphatic carbocycles. The molecule has 0 bridgehead atoms. The van der Waals surface area contributed by atoms with Crippen LogP contribution in [0.5, 0.6) is 0 Å². The van der Waals surface area contributed by atoms with Gasteiger partial charge in [0.2, 0.25) is 5.91 Å². The zero-order valence-electron chi connectivity index (χ0n) is 9.97. The third kappa shape index (κ3) is 2.20. The Kier molecular flexibility index (Phi) is 3.32. The molecule has 0 unspecified atom stereocenters. The second-order valence-electron chi connectivity index (χ2n) is 4.32. The first-order chi connectivity index (χ1) is 8.56. The number of benzene rings is 1. The predicted molar refractivity (Wildman–Crippen MR) is 63.7 cm³/mol. The molecule has 1 amide bonds. The lowest BCUT2D eigenvalue weighted by atomic mass is 10.2. The monoisotopic (exact) mass is 251 g/mol. The maximum absolute atomic E-state index is 13.6. The predicted octanol–water partition coefficient (Wildman–Crippen LogP) is 1.90. The van der Waals surface area contributed by atoms with E-state index in [1.807, 2.05) is 0 Å². The Hall–Kier alpha value is -1.91. The van der Waals surface area contributed by atoms with Crippen LogP contribution in [0, 0.1) is 17.7 Å². The van der Waals surface area contributed by atoms with E-state index in [0.29, 0.717) is 13.0 Å². The van der Waals surface area contributed by atoms with Crippen molar-refractivity contribution in [1.82, 2.24) is 0 Å². The van der Waals surface area contributed by atoms with Gasteiger partial charge in [0, 0.05) is 6.54 Å². The molecule has 0 heterocycles. The molecule has 0 spiro atoms. The summed E-state index contributed by atoms with van der Waals surface area (Å²) in [5.74, 6) is -2.87. The lowest BCUT2D eigenvalue weighted by Gasteiger charge is -2.21. The Balaban J connectivity index is 2.18. The quantitative estimate of drug-likeness (QED) is 0.889. The molecule has 0 radical (unpaired) electrons. The van der Waals surface area contributed by atoms with Gasteiger partial charge in [0.25, 0.3) is 0 Å². The molecule has 1 fully saturated rings. The molecule has 18 heavy (non-hydrogen) atoms. The van der Waals surface area contributed by atoms with Crippen LogP contribution in [0.2, 0.25) is 0 Å². The zero-order valence-corrected chi connectivity index (χ0v) is 9.97. The molecular formula is C13H14FNO3. The molecule has 2 atom stereocenters. The molecule has 96 valence electrons. The number of amides is 1. The highest BCUT2D eigenvalue weighted by molar-refractivity contribution is 6.00. The molecule has 4 nitrogen and oxygen atoms in total. The van der Waals surface area contributed by atoms with Crippen molar-refractivity contribution >= 4 is 17.6 Å². The summed E-state index contributed by atoms with van der Waals surface area (Å²) in [6.45, 7) is 2.06. The van der Waals surface area contributed by atoms with Gasteiger partial charge in [-0.1, -0.05) is 12.1 Å². The first-order valence-corrected chi connectivity index (χ1v) is 5.85. The Morgan fingerprint density at radius 1 is 1.39 bits per heavy atom. The van der Waals surface area contributed by atoms with Crippen molar-refractivity contribution in [2.24, 2.45) is 11.8 Å². The number of rotatable bonds is 4. The second kappa shape index (κ2) is 4.76. The lowest BCUT2D eigenvalue weighted by molar-refractivity contribution is -0.140. The van der Waals surface area contributed by atoms with E-state index >= 15 is 0 Å². The lowest BCUT2D eigenvalue weighted by Crippen LogP contribution is -2.33. The summed E-state index contributed by atoms with van der Waals surface area (Å²) in [7, 11) is 0. The van der Waals surface area contributed by atoms with Crippen molar-refractivity contribution in [3.63, 3.8) is 0 Å². The maximum Gasteiger partial charge on any atom is 0.307 e. The van der Waals surface area contributed by atoms with E-state index in [1.54, 1.807) is 19.1 Å². The highest BCUT2D eigenvalue weighted by atomic mass is 19.1. The maximum atomic E-state index is 13.6. The Morgan fingerprint density at radius 3 is 2.56 bits per heavy atom. The van der Waals surface area contributed by atoms with E-state index in [0.717, 1.165) is 0 Å². The van der Waals surface area contributed by atoms with Crippen LogP contribution < -0.4 is 4.90 Å². The van der Waals surface area contributed by atoms with Crippen LogP contribution in [0.15, 0.2) is 24.3 Å². The number of nitrogens with zero attached hydrogens (tertiary/aromatic N) is 1. The van der Waals surface area contributed by atoms with Crippen LogP contribution in [0.4, 0.5) is 10.1 Å². The van der Waals surface area contributed by atoms with Crippen molar-refractivity contribution in [2.45, 2.75) is 13.3 Å². The van der Waals surface area contributed by atoms with Gasteiger partial charge in [0.05, 0.1) is 17.5 Å². The van der Waals surface area contributed by atoms with E-state index in [9.17, 15) is 14.0 Å². The number of halogens is 1. The molecule has 0 aliphatic heterocycles. The molecule has 2 rings (SSSR count). The van der Waals surface area contributed by atoms with Gasteiger partial charge in [0.1, 0.15) is 5.82 Å². The average molecular weight is 251 g/mol. The molecule has 0 aromatic heterocycles. The minimum atomic E-state index is -0.960. The van der Waals surface area contributed by atoms with Gasteiger partial charge in [-0.2, -0.15) is 0 Å². The Bertz CT molecular complexity index is 489. The normalized spacial score (nSPS) is 21.4. The van der Waals surface area contributed by atoms with Gasteiger partial charge in [-0.05, 0) is 25.5 Å². The van der Waals surface area contributed by atoms with Crippen LogP contribution in [0.1, 0.15) is 13.3 Å². The molecule has 1 N–H and O–H groups in total. The number of carboxylic acids is 1. The van der Waals surface area contributed by atoms with Crippen molar-refractivity contribution in [1.29, 1.82) is 0 Å². The number of hydrogen-bond donors (Lipinski definition) is 1. The van der Waals surface area contributed by atoms with Gasteiger partial charge in [0.15, 0.2) is 0 Å². The van der Waals surface area contributed by atoms with Crippen LogP contribution in [0.25, 0.3) is 0 Å². The number of para-hydroxylation sites is 1.